The molecule has 0 spiro atoms. The normalized spacial score (nSPS) is 16.6. The minimum atomic E-state index is -0.501. The van der Waals surface area contributed by atoms with Crippen molar-refractivity contribution in [3.05, 3.63) is 35.9 Å². The molecule has 1 aliphatic rings. The van der Waals surface area contributed by atoms with E-state index in [2.05, 4.69) is 16.0 Å². The number of carbonyl (C=O) groups excluding carboxylic acids is 2. The molecular weight excluding hydrogens is 290 g/mol. The Kier molecular flexibility index (Phi) is 7.07. The van der Waals surface area contributed by atoms with Crippen molar-refractivity contribution < 1.29 is 9.59 Å². The van der Waals surface area contributed by atoms with Gasteiger partial charge in [0.05, 0.1) is 0 Å². The predicted molar refractivity (Wildman–Crippen MR) is 90.7 cm³/mol. The van der Waals surface area contributed by atoms with Gasteiger partial charge in [-0.1, -0.05) is 30.3 Å². The fourth-order valence-electron chi connectivity index (χ4n) is 2.82. The third kappa shape index (κ3) is 6.40. The lowest BCUT2D eigenvalue weighted by Crippen LogP contribution is -2.44. The lowest BCUT2D eigenvalue weighted by atomic mass is 9.93. The molecule has 2 amide bonds. The SMILES string of the molecule is CC(NC(=O)CCC1CCNCC1)C(=O)NCc1ccccc1. The summed E-state index contributed by atoms with van der Waals surface area (Å²) in [4.78, 5) is 24.0. The summed E-state index contributed by atoms with van der Waals surface area (Å²) < 4.78 is 0. The van der Waals surface area contributed by atoms with E-state index in [1.54, 1.807) is 6.92 Å². The monoisotopic (exact) mass is 317 g/mol. The van der Waals surface area contributed by atoms with E-state index in [4.69, 9.17) is 0 Å². The van der Waals surface area contributed by atoms with E-state index >= 15 is 0 Å². The van der Waals surface area contributed by atoms with Crippen molar-refractivity contribution >= 4 is 11.8 Å². The summed E-state index contributed by atoms with van der Waals surface area (Å²) in [5.74, 6) is 0.444. The van der Waals surface area contributed by atoms with Crippen molar-refractivity contribution in [2.75, 3.05) is 13.1 Å². The number of piperidine rings is 1. The molecule has 126 valence electrons. The second-order valence-corrected chi connectivity index (χ2v) is 6.22. The Bertz CT molecular complexity index is 498. The van der Waals surface area contributed by atoms with Crippen LogP contribution >= 0.6 is 0 Å². The van der Waals surface area contributed by atoms with Crippen LogP contribution in [0.15, 0.2) is 30.3 Å². The Hall–Kier alpha value is -1.88. The van der Waals surface area contributed by atoms with Gasteiger partial charge in [-0.25, -0.2) is 0 Å². The molecule has 1 atom stereocenters. The molecule has 0 radical (unpaired) electrons. The van der Waals surface area contributed by atoms with Crippen LogP contribution in [0.3, 0.4) is 0 Å². The first-order valence-corrected chi connectivity index (χ1v) is 8.47. The molecule has 3 N–H and O–H groups in total. The smallest absolute Gasteiger partial charge is 0.242 e. The standard InChI is InChI=1S/C18H27N3O2/c1-14(18(23)20-13-16-5-3-2-4-6-16)21-17(22)8-7-15-9-11-19-12-10-15/h2-6,14-15,19H,7-13H2,1H3,(H,20,23)(H,21,22). The minimum Gasteiger partial charge on any atom is -0.350 e. The molecule has 2 rings (SSSR count). The number of amides is 2. The second kappa shape index (κ2) is 9.30. The number of carbonyl (C=O) groups is 2. The van der Waals surface area contributed by atoms with E-state index in [1.165, 1.54) is 0 Å². The van der Waals surface area contributed by atoms with Gasteiger partial charge in [0.2, 0.25) is 11.8 Å². The van der Waals surface area contributed by atoms with Gasteiger partial charge in [0.1, 0.15) is 6.04 Å². The van der Waals surface area contributed by atoms with E-state index in [1.807, 2.05) is 30.3 Å². The number of nitrogens with one attached hydrogen (secondary N) is 3. The van der Waals surface area contributed by atoms with Gasteiger partial charge in [-0.05, 0) is 50.8 Å². The maximum Gasteiger partial charge on any atom is 0.242 e. The number of hydrogen-bond acceptors (Lipinski definition) is 3. The zero-order valence-corrected chi connectivity index (χ0v) is 13.8. The van der Waals surface area contributed by atoms with Crippen molar-refractivity contribution in [1.82, 2.24) is 16.0 Å². The third-order valence-electron chi connectivity index (χ3n) is 4.32. The molecule has 1 aliphatic heterocycles. The van der Waals surface area contributed by atoms with Gasteiger partial charge in [-0.2, -0.15) is 0 Å². The third-order valence-corrected chi connectivity index (χ3v) is 4.32. The number of hydrogen-bond donors (Lipinski definition) is 3. The summed E-state index contributed by atoms with van der Waals surface area (Å²) >= 11 is 0. The van der Waals surface area contributed by atoms with Gasteiger partial charge in [-0.3, -0.25) is 9.59 Å². The molecule has 0 bridgehead atoms. The lowest BCUT2D eigenvalue weighted by molar-refractivity contribution is -0.128. The van der Waals surface area contributed by atoms with Crippen LogP contribution in [-0.2, 0) is 16.1 Å². The van der Waals surface area contributed by atoms with Crippen LogP contribution in [0.4, 0.5) is 0 Å². The number of rotatable bonds is 7. The molecule has 5 nitrogen and oxygen atoms in total. The largest absolute Gasteiger partial charge is 0.350 e. The maximum absolute atomic E-state index is 12.0. The van der Waals surface area contributed by atoms with E-state index in [0.717, 1.165) is 37.9 Å². The van der Waals surface area contributed by atoms with Crippen LogP contribution in [0.1, 0.15) is 38.2 Å². The Morgan fingerprint density at radius 1 is 1.22 bits per heavy atom. The number of benzene rings is 1. The van der Waals surface area contributed by atoms with Crippen LogP contribution in [0.2, 0.25) is 0 Å². The molecular formula is C18H27N3O2. The highest BCUT2D eigenvalue weighted by Crippen LogP contribution is 2.17. The van der Waals surface area contributed by atoms with Gasteiger partial charge >= 0.3 is 0 Å². The van der Waals surface area contributed by atoms with E-state index in [0.29, 0.717) is 18.9 Å². The van der Waals surface area contributed by atoms with Crippen LogP contribution in [-0.4, -0.2) is 30.9 Å². The van der Waals surface area contributed by atoms with E-state index < -0.39 is 6.04 Å². The summed E-state index contributed by atoms with van der Waals surface area (Å²) in [5, 5.41) is 8.96. The average Bonchev–Trinajstić information content (AvgIpc) is 2.59. The van der Waals surface area contributed by atoms with Crippen molar-refractivity contribution in [2.45, 2.75) is 45.2 Å². The first kappa shape index (κ1) is 17.5. The molecule has 0 aromatic heterocycles. The van der Waals surface area contributed by atoms with Crippen molar-refractivity contribution in [1.29, 1.82) is 0 Å². The summed E-state index contributed by atoms with van der Waals surface area (Å²) in [6.07, 6.45) is 3.69. The van der Waals surface area contributed by atoms with Crippen LogP contribution < -0.4 is 16.0 Å². The first-order chi connectivity index (χ1) is 11.1. The quantitative estimate of drug-likeness (QED) is 0.715. The molecule has 0 aliphatic carbocycles. The van der Waals surface area contributed by atoms with Gasteiger partial charge in [-0.15, -0.1) is 0 Å². The summed E-state index contributed by atoms with van der Waals surface area (Å²) in [6.45, 7) is 4.30. The average molecular weight is 317 g/mol. The lowest BCUT2D eigenvalue weighted by Gasteiger charge is -2.22. The summed E-state index contributed by atoms with van der Waals surface area (Å²) in [7, 11) is 0. The van der Waals surface area contributed by atoms with Crippen molar-refractivity contribution in [3.63, 3.8) is 0 Å². The Balaban J connectivity index is 1.65. The summed E-state index contributed by atoms with van der Waals surface area (Å²) in [5.41, 5.74) is 1.05. The Labute approximate surface area is 138 Å². The molecule has 1 aromatic rings. The molecule has 1 heterocycles. The van der Waals surface area contributed by atoms with Crippen molar-refractivity contribution in [3.8, 4) is 0 Å². The van der Waals surface area contributed by atoms with Gasteiger partial charge < -0.3 is 16.0 Å². The van der Waals surface area contributed by atoms with Gasteiger partial charge in [0.15, 0.2) is 0 Å². The van der Waals surface area contributed by atoms with Crippen LogP contribution in [0.25, 0.3) is 0 Å². The van der Waals surface area contributed by atoms with Crippen LogP contribution in [0.5, 0.6) is 0 Å². The van der Waals surface area contributed by atoms with Gasteiger partial charge in [0.25, 0.3) is 0 Å². The highest BCUT2D eigenvalue weighted by atomic mass is 16.2. The predicted octanol–water partition coefficient (Wildman–Crippen LogP) is 1.59. The Morgan fingerprint density at radius 2 is 1.91 bits per heavy atom. The molecule has 1 fully saturated rings. The highest BCUT2D eigenvalue weighted by molar-refractivity contribution is 5.87. The highest BCUT2D eigenvalue weighted by Gasteiger charge is 2.18. The molecule has 23 heavy (non-hydrogen) atoms. The molecule has 0 saturated carbocycles. The van der Waals surface area contributed by atoms with E-state index in [-0.39, 0.29) is 11.8 Å². The Morgan fingerprint density at radius 3 is 2.61 bits per heavy atom. The summed E-state index contributed by atoms with van der Waals surface area (Å²) in [6, 6.07) is 9.24. The second-order valence-electron chi connectivity index (χ2n) is 6.22. The first-order valence-electron chi connectivity index (χ1n) is 8.47. The fourth-order valence-corrected chi connectivity index (χ4v) is 2.82. The van der Waals surface area contributed by atoms with Crippen LogP contribution in [0, 0.1) is 5.92 Å². The zero-order valence-electron chi connectivity index (χ0n) is 13.8. The zero-order chi connectivity index (χ0) is 16.5. The fraction of sp³-hybridized carbons (Fsp3) is 0.556. The minimum absolute atomic E-state index is 0.0362. The van der Waals surface area contributed by atoms with Gasteiger partial charge in [0, 0.05) is 13.0 Å². The molecule has 1 unspecified atom stereocenters. The molecule has 1 aromatic carbocycles. The molecule has 1 saturated heterocycles. The van der Waals surface area contributed by atoms with E-state index in [9.17, 15) is 9.59 Å². The topological polar surface area (TPSA) is 70.2 Å². The molecule has 5 heteroatoms. The maximum atomic E-state index is 12.0. The van der Waals surface area contributed by atoms with Crippen molar-refractivity contribution in [2.24, 2.45) is 5.92 Å².